The van der Waals surface area contributed by atoms with E-state index < -0.39 is 21.9 Å². The van der Waals surface area contributed by atoms with Crippen LogP contribution in [0.4, 0.5) is 0 Å². The first-order chi connectivity index (χ1) is 4.45. The minimum atomic E-state index is -4.06. The Morgan fingerprint density at radius 2 is 2.10 bits per heavy atom. The van der Waals surface area contributed by atoms with E-state index in [1.54, 1.807) is 0 Å². The molecule has 0 fully saturated rings. The third kappa shape index (κ3) is 5.80. The highest BCUT2D eigenvalue weighted by molar-refractivity contribution is 8.10. The summed E-state index contributed by atoms with van der Waals surface area (Å²) < 4.78 is 27.9. The van der Waals surface area contributed by atoms with Gasteiger partial charge in [-0.25, -0.2) is 8.98 Å². The topological polar surface area (TPSA) is 69.7 Å². The van der Waals surface area contributed by atoms with Crippen LogP contribution in [0.5, 0.6) is 0 Å². The Hall–Kier alpha value is -0.330. The molecule has 10 heavy (non-hydrogen) atoms. The summed E-state index contributed by atoms with van der Waals surface area (Å²) in [4.78, 5) is 10.2. The van der Waals surface area contributed by atoms with Crippen LogP contribution in [0.1, 0.15) is 0 Å². The first kappa shape index (κ1) is 9.67. The maximum absolute atomic E-state index is 10.2. The lowest BCUT2D eigenvalue weighted by molar-refractivity contribution is -0.142. The van der Waals surface area contributed by atoms with E-state index in [1.807, 2.05) is 0 Å². The molecule has 0 rings (SSSR count). The number of hydrogen-bond acceptors (Lipinski definition) is 5. The average molecular weight is 189 g/mol. The maximum Gasteiger partial charge on any atom is 0.356 e. The highest BCUT2D eigenvalue weighted by Gasteiger charge is 2.08. The number of ether oxygens (including phenoxy) is 1. The Kier molecular flexibility index (Phi) is 3.62. The molecule has 0 aromatic heterocycles. The summed E-state index contributed by atoms with van der Waals surface area (Å²) in [6, 6.07) is 0. The monoisotopic (exact) mass is 188 g/mol. The SMILES string of the molecule is COC(=O)COS(=O)(=O)Cl. The first-order valence-electron chi connectivity index (χ1n) is 2.11. The summed E-state index contributed by atoms with van der Waals surface area (Å²) in [5.41, 5.74) is 0. The molecule has 0 N–H and O–H groups in total. The molecule has 0 aromatic rings. The summed E-state index contributed by atoms with van der Waals surface area (Å²) in [6.45, 7) is -0.692. The number of esters is 1. The van der Waals surface area contributed by atoms with Crippen LogP contribution in [0.2, 0.25) is 0 Å². The summed E-state index contributed by atoms with van der Waals surface area (Å²) in [7, 11) is 1.62. The molecule has 0 unspecified atom stereocenters. The number of hydrogen-bond donors (Lipinski definition) is 0. The van der Waals surface area contributed by atoms with Crippen LogP contribution in [0.25, 0.3) is 0 Å². The minimum absolute atomic E-state index is 0.692. The van der Waals surface area contributed by atoms with Gasteiger partial charge in [-0.2, -0.15) is 8.42 Å². The van der Waals surface area contributed by atoms with Crippen molar-refractivity contribution in [2.75, 3.05) is 13.7 Å². The normalized spacial score (nSPS) is 11.0. The molecular formula is C3H5ClO5S. The number of carbonyl (C=O) groups is 1. The van der Waals surface area contributed by atoms with Gasteiger partial charge in [0, 0.05) is 10.7 Å². The second-order valence-electron chi connectivity index (χ2n) is 1.23. The van der Waals surface area contributed by atoms with Crippen molar-refractivity contribution in [2.45, 2.75) is 0 Å². The Morgan fingerprint density at radius 1 is 1.60 bits per heavy atom. The van der Waals surface area contributed by atoms with Crippen LogP contribution in [-0.2, 0) is 23.0 Å². The van der Waals surface area contributed by atoms with E-state index in [0.717, 1.165) is 7.11 Å². The molecule has 7 heteroatoms. The summed E-state index contributed by atoms with van der Waals surface area (Å²) in [6.07, 6.45) is 0. The molecular weight excluding hydrogens is 184 g/mol. The molecule has 0 saturated heterocycles. The van der Waals surface area contributed by atoms with Gasteiger partial charge in [-0.3, -0.25) is 0 Å². The summed E-state index contributed by atoms with van der Waals surface area (Å²) in [5.74, 6) is -0.802. The number of halogens is 1. The van der Waals surface area contributed by atoms with E-state index in [9.17, 15) is 13.2 Å². The van der Waals surface area contributed by atoms with Crippen LogP contribution in [-0.4, -0.2) is 28.1 Å². The van der Waals surface area contributed by atoms with Crippen molar-refractivity contribution in [1.29, 1.82) is 0 Å². The highest BCUT2D eigenvalue weighted by Crippen LogP contribution is 1.97. The number of carbonyl (C=O) groups excluding carboxylic acids is 1. The van der Waals surface area contributed by atoms with Gasteiger partial charge in [-0.1, -0.05) is 0 Å². The molecule has 0 saturated carbocycles. The predicted molar refractivity (Wildman–Crippen MR) is 32.7 cm³/mol. The molecule has 0 spiro atoms. The van der Waals surface area contributed by atoms with Gasteiger partial charge in [0.1, 0.15) is 0 Å². The predicted octanol–water partition coefficient (Wildman–Crippen LogP) is -0.340. The molecule has 0 atom stereocenters. The van der Waals surface area contributed by atoms with E-state index in [2.05, 4.69) is 19.6 Å². The van der Waals surface area contributed by atoms with E-state index in [-0.39, 0.29) is 0 Å². The van der Waals surface area contributed by atoms with E-state index in [1.165, 1.54) is 0 Å². The highest BCUT2D eigenvalue weighted by atomic mass is 35.7. The Balaban J connectivity index is 3.67. The molecule has 0 aliphatic carbocycles. The van der Waals surface area contributed by atoms with Gasteiger partial charge in [0.05, 0.1) is 7.11 Å². The van der Waals surface area contributed by atoms with Gasteiger partial charge in [0.25, 0.3) is 0 Å². The second kappa shape index (κ2) is 3.75. The number of methoxy groups -OCH3 is 1. The zero-order valence-corrected chi connectivity index (χ0v) is 6.61. The lowest BCUT2D eigenvalue weighted by atomic mass is 10.8. The standard InChI is InChI=1S/C3H5ClO5S/c1-8-3(5)2-9-10(4,6)7/h2H2,1H3. The van der Waals surface area contributed by atoms with Crippen LogP contribution in [0, 0.1) is 0 Å². The van der Waals surface area contributed by atoms with Crippen molar-refractivity contribution >= 4 is 26.0 Å². The third-order valence-electron chi connectivity index (χ3n) is 0.545. The smallest absolute Gasteiger partial charge is 0.356 e. The van der Waals surface area contributed by atoms with Crippen molar-refractivity contribution in [3.05, 3.63) is 0 Å². The zero-order valence-electron chi connectivity index (χ0n) is 5.03. The molecule has 0 amide bonds. The van der Waals surface area contributed by atoms with E-state index >= 15 is 0 Å². The lowest BCUT2D eigenvalue weighted by Gasteiger charge is -1.95. The summed E-state index contributed by atoms with van der Waals surface area (Å²) in [5, 5.41) is 0. The largest absolute Gasteiger partial charge is 0.467 e. The molecule has 0 aliphatic heterocycles. The molecule has 0 bridgehead atoms. The van der Waals surface area contributed by atoms with Crippen molar-refractivity contribution in [3.8, 4) is 0 Å². The first-order valence-corrected chi connectivity index (χ1v) is 4.35. The van der Waals surface area contributed by atoms with Crippen LogP contribution < -0.4 is 0 Å². The van der Waals surface area contributed by atoms with Gasteiger partial charge in [0.2, 0.25) is 0 Å². The molecule has 0 aromatic carbocycles. The average Bonchev–Trinajstić information content (AvgIpc) is 1.81. The van der Waals surface area contributed by atoms with Crippen molar-refractivity contribution < 1.29 is 22.1 Å². The molecule has 0 aliphatic rings. The Bertz CT molecular complexity index is 207. The molecule has 0 heterocycles. The fourth-order valence-corrected chi connectivity index (χ4v) is 0.548. The summed E-state index contributed by atoms with van der Waals surface area (Å²) >= 11 is 0. The molecule has 60 valence electrons. The Morgan fingerprint density at radius 3 is 2.40 bits per heavy atom. The lowest BCUT2D eigenvalue weighted by Crippen LogP contribution is -2.11. The second-order valence-corrected chi connectivity index (χ2v) is 3.39. The zero-order chi connectivity index (χ0) is 8.20. The van der Waals surface area contributed by atoms with Crippen LogP contribution >= 0.6 is 10.7 Å². The van der Waals surface area contributed by atoms with E-state index in [0.29, 0.717) is 0 Å². The molecule has 0 radical (unpaired) electrons. The molecule has 5 nitrogen and oxygen atoms in total. The van der Waals surface area contributed by atoms with Crippen molar-refractivity contribution in [3.63, 3.8) is 0 Å². The number of rotatable bonds is 3. The van der Waals surface area contributed by atoms with Crippen LogP contribution in [0.3, 0.4) is 0 Å². The Labute approximate surface area is 62.5 Å². The fourth-order valence-electron chi connectivity index (χ4n) is 0.177. The van der Waals surface area contributed by atoms with Gasteiger partial charge in [-0.15, -0.1) is 0 Å². The third-order valence-corrected chi connectivity index (χ3v) is 1.21. The van der Waals surface area contributed by atoms with Gasteiger partial charge in [0.15, 0.2) is 6.61 Å². The van der Waals surface area contributed by atoms with Crippen molar-refractivity contribution in [2.24, 2.45) is 0 Å². The van der Waals surface area contributed by atoms with Crippen LogP contribution in [0.15, 0.2) is 0 Å². The van der Waals surface area contributed by atoms with Crippen molar-refractivity contribution in [1.82, 2.24) is 0 Å². The van der Waals surface area contributed by atoms with Gasteiger partial charge in [-0.05, 0) is 0 Å². The quantitative estimate of drug-likeness (QED) is 0.448. The van der Waals surface area contributed by atoms with E-state index in [4.69, 9.17) is 0 Å². The fraction of sp³-hybridized carbons (Fsp3) is 0.667. The minimum Gasteiger partial charge on any atom is -0.467 e. The van der Waals surface area contributed by atoms with Gasteiger partial charge < -0.3 is 4.74 Å². The maximum atomic E-state index is 10.2. The van der Waals surface area contributed by atoms with Gasteiger partial charge >= 0.3 is 15.3 Å².